The molecule has 0 saturated carbocycles. The SMILES string of the molecule is Cn1cc(N2CCN(C[C@@H](O)c3ccccc3)CC2=O)cn1. The van der Waals surface area contributed by atoms with Crippen LogP contribution in [0.25, 0.3) is 0 Å². The summed E-state index contributed by atoms with van der Waals surface area (Å²) < 4.78 is 1.69. The van der Waals surface area contributed by atoms with Gasteiger partial charge in [0.1, 0.15) is 0 Å². The molecule has 2 heterocycles. The van der Waals surface area contributed by atoms with Gasteiger partial charge in [0.15, 0.2) is 0 Å². The van der Waals surface area contributed by atoms with Crippen LogP contribution in [0.1, 0.15) is 11.7 Å². The molecule has 1 aromatic heterocycles. The van der Waals surface area contributed by atoms with Crippen LogP contribution in [0.2, 0.25) is 0 Å². The Morgan fingerprint density at radius 3 is 2.68 bits per heavy atom. The van der Waals surface area contributed by atoms with Gasteiger partial charge in [0.25, 0.3) is 0 Å². The first-order valence-electron chi connectivity index (χ1n) is 7.38. The number of anilines is 1. The lowest BCUT2D eigenvalue weighted by Crippen LogP contribution is -2.51. The summed E-state index contributed by atoms with van der Waals surface area (Å²) in [7, 11) is 1.83. The monoisotopic (exact) mass is 300 g/mol. The normalized spacial score (nSPS) is 17.7. The highest BCUT2D eigenvalue weighted by atomic mass is 16.3. The number of aliphatic hydroxyl groups excluding tert-OH is 1. The number of piperazine rings is 1. The highest BCUT2D eigenvalue weighted by molar-refractivity contribution is 5.95. The molecule has 1 N–H and O–H groups in total. The van der Waals surface area contributed by atoms with Crippen molar-refractivity contribution in [1.82, 2.24) is 14.7 Å². The molecule has 1 aromatic carbocycles. The van der Waals surface area contributed by atoms with E-state index >= 15 is 0 Å². The maximum absolute atomic E-state index is 12.3. The molecule has 0 unspecified atom stereocenters. The Bertz CT molecular complexity index is 641. The van der Waals surface area contributed by atoms with Gasteiger partial charge in [-0.25, -0.2) is 0 Å². The molecule has 1 aliphatic heterocycles. The summed E-state index contributed by atoms with van der Waals surface area (Å²) in [6.45, 7) is 2.14. The zero-order chi connectivity index (χ0) is 15.5. The molecule has 116 valence electrons. The molecule has 22 heavy (non-hydrogen) atoms. The van der Waals surface area contributed by atoms with E-state index in [-0.39, 0.29) is 5.91 Å². The fourth-order valence-electron chi connectivity index (χ4n) is 2.72. The number of aliphatic hydroxyl groups is 1. The number of hydrogen-bond donors (Lipinski definition) is 1. The molecule has 0 spiro atoms. The molecule has 1 amide bonds. The molecule has 2 aromatic rings. The van der Waals surface area contributed by atoms with Gasteiger partial charge < -0.3 is 10.0 Å². The minimum Gasteiger partial charge on any atom is -0.387 e. The van der Waals surface area contributed by atoms with Crippen molar-refractivity contribution in [2.75, 3.05) is 31.1 Å². The van der Waals surface area contributed by atoms with Crippen molar-refractivity contribution in [3.05, 3.63) is 48.3 Å². The Morgan fingerprint density at radius 1 is 1.27 bits per heavy atom. The smallest absolute Gasteiger partial charge is 0.241 e. The van der Waals surface area contributed by atoms with Gasteiger partial charge in [-0.1, -0.05) is 30.3 Å². The first-order valence-corrected chi connectivity index (χ1v) is 7.38. The third-order valence-electron chi connectivity index (χ3n) is 3.92. The van der Waals surface area contributed by atoms with Crippen molar-refractivity contribution in [3.63, 3.8) is 0 Å². The van der Waals surface area contributed by atoms with Gasteiger partial charge in [0, 0.05) is 32.9 Å². The third-order valence-corrected chi connectivity index (χ3v) is 3.92. The van der Waals surface area contributed by atoms with Gasteiger partial charge >= 0.3 is 0 Å². The summed E-state index contributed by atoms with van der Waals surface area (Å²) in [6.07, 6.45) is 2.97. The van der Waals surface area contributed by atoms with E-state index in [2.05, 4.69) is 5.10 Å². The fraction of sp³-hybridized carbons (Fsp3) is 0.375. The number of aryl methyl sites for hydroxylation is 1. The minimum atomic E-state index is -0.570. The Labute approximate surface area is 129 Å². The van der Waals surface area contributed by atoms with Gasteiger partial charge in [0.05, 0.1) is 24.5 Å². The first-order chi connectivity index (χ1) is 10.6. The van der Waals surface area contributed by atoms with E-state index in [1.807, 2.05) is 48.5 Å². The molecule has 6 nitrogen and oxygen atoms in total. The van der Waals surface area contributed by atoms with Crippen LogP contribution in [0.3, 0.4) is 0 Å². The van der Waals surface area contributed by atoms with Crippen molar-refractivity contribution in [2.45, 2.75) is 6.10 Å². The maximum Gasteiger partial charge on any atom is 0.241 e. The Hall–Kier alpha value is -2.18. The van der Waals surface area contributed by atoms with E-state index in [4.69, 9.17) is 0 Å². The first kappa shape index (κ1) is 14.7. The number of hydrogen-bond acceptors (Lipinski definition) is 4. The van der Waals surface area contributed by atoms with Crippen molar-refractivity contribution >= 4 is 11.6 Å². The molecule has 1 fully saturated rings. The second-order valence-corrected chi connectivity index (χ2v) is 5.58. The van der Waals surface area contributed by atoms with E-state index in [0.29, 0.717) is 19.6 Å². The number of rotatable bonds is 4. The van der Waals surface area contributed by atoms with Crippen molar-refractivity contribution in [2.24, 2.45) is 7.05 Å². The van der Waals surface area contributed by atoms with Crippen molar-refractivity contribution in [3.8, 4) is 0 Å². The van der Waals surface area contributed by atoms with Gasteiger partial charge in [-0.3, -0.25) is 14.4 Å². The average Bonchev–Trinajstić information content (AvgIpc) is 2.94. The van der Waals surface area contributed by atoms with Gasteiger partial charge in [-0.2, -0.15) is 5.10 Å². The second kappa shape index (κ2) is 6.29. The van der Waals surface area contributed by atoms with Crippen LogP contribution in [0.4, 0.5) is 5.69 Å². The van der Waals surface area contributed by atoms with E-state index in [1.165, 1.54) is 0 Å². The number of β-amino-alcohol motifs (C(OH)–C–C–N with tert-alkyl or cyclic N) is 1. The van der Waals surface area contributed by atoms with E-state index in [9.17, 15) is 9.90 Å². The molecule has 0 aliphatic carbocycles. The van der Waals surface area contributed by atoms with Crippen LogP contribution in [0.15, 0.2) is 42.7 Å². The summed E-state index contributed by atoms with van der Waals surface area (Å²) in [4.78, 5) is 16.0. The zero-order valence-electron chi connectivity index (χ0n) is 12.6. The molecule has 6 heteroatoms. The fourth-order valence-corrected chi connectivity index (χ4v) is 2.72. The number of amides is 1. The molecular weight excluding hydrogens is 280 g/mol. The number of benzene rings is 1. The Morgan fingerprint density at radius 2 is 2.05 bits per heavy atom. The Kier molecular flexibility index (Phi) is 4.22. The summed E-state index contributed by atoms with van der Waals surface area (Å²) in [5.41, 5.74) is 1.71. The predicted molar refractivity (Wildman–Crippen MR) is 83.4 cm³/mol. The van der Waals surface area contributed by atoms with Gasteiger partial charge in [-0.15, -0.1) is 0 Å². The molecule has 1 aliphatic rings. The van der Waals surface area contributed by atoms with Crippen LogP contribution in [-0.2, 0) is 11.8 Å². The largest absolute Gasteiger partial charge is 0.387 e. The lowest BCUT2D eigenvalue weighted by atomic mass is 10.1. The number of carbonyl (C=O) groups is 1. The second-order valence-electron chi connectivity index (χ2n) is 5.58. The van der Waals surface area contributed by atoms with Crippen LogP contribution in [0, 0.1) is 0 Å². The van der Waals surface area contributed by atoms with Crippen molar-refractivity contribution in [1.29, 1.82) is 0 Å². The van der Waals surface area contributed by atoms with E-state index in [1.54, 1.807) is 15.8 Å². The predicted octanol–water partition coefficient (Wildman–Crippen LogP) is 0.802. The minimum absolute atomic E-state index is 0.0412. The molecule has 1 saturated heterocycles. The summed E-state index contributed by atoms with van der Waals surface area (Å²) >= 11 is 0. The average molecular weight is 300 g/mol. The highest BCUT2D eigenvalue weighted by Crippen LogP contribution is 2.18. The van der Waals surface area contributed by atoms with Gasteiger partial charge in [-0.05, 0) is 5.56 Å². The maximum atomic E-state index is 12.3. The van der Waals surface area contributed by atoms with Gasteiger partial charge in [0.2, 0.25) is 5.91 Å². The third kappa shape index (κ3) is 3.18. The number of nitrogens with zero attached hydrogens (tertiary/aromatic N) is 4. The highest BCUT2D eigenvalue weighted by Gasteiger charge is 2.27. The quantitative estimate of drug-likeness (QED) is 0.907. The zero-order valence-corrected chi connectivity index (χ0v) is 12.6. The standard InChI is InChI=1S/C16H20N4O2/c1-18-10-14(9-17-18)20-8-7-19(12-16(20)22)11-15(21)13-5-3-2-4-6-13/h2-6,9-10,15,21H,7-8,11-12H2,1H3/t15-/m1/s1. The van der Waals surface area contributed by atoms with E-state index in [0.717, 1.165) is 17.8 Å². The summed E-state index contributed by atoms with van der Waals surface area (Å²) in [5.74, 6) is 0.0412. The van der Waals surface area contributed by atoms with Crippen LogP contribution >= 0.6 is 0 Å². The summed E-state index contributed by atoms with van der Waals surface area (Å²) in [6, 6.07) is 9.54. The Balaban J connectivity index is 1.59. The molecule has 0 radical (unpaired) electrons. The molecule has 1 atom stereocenters. The summed E-state index contributed by atoms with van der Waals surface area (Å²) in [5, 5.41) is 14.4. The van der Waals surface area contributed by atoms with Crippen molar-refractivity contribution < 1.29 is 9.90 Å². The van der Waals surface area contributed by atoms with Crippen LogP contribution < -0.4 is 4.90 Å². The molecule has 0 bridgehead atoms. The lowest BCUT2D eigenvalue weighted by molar-refractivity contribution is -0.121. The molecule has 3 rings (SSSR count). The lowest BCUT2D eigenvalue weighted by Gasteiger charge is -2.34. The topological polar surface area (TPSA) is 61.6 Å². The number of carbonyl (C=O) groups excluding carboxylic acids is 1. The molecular formula is C16H20N4O2. The van der Waals surface area contributed by atoms with Crippen LogP contribution in [0.5, 0.6) is 0 Å². The van der Waals surface area contributed by atoms with Crippen LogP contribution in [-0.4, -0.2) is 51.9 Å². The van der Waals surface area contributed by atoms with E-state index < -0.39 is 6.10 Å². The number of aromatic nitrogens is 2.